The first-order valence-corrected chi connectivity index (χ1v) is 6.69. The quantitative estimate of drug-likeness (QED) is 0.813. The number of anilines is 3. The van der Waals surface area contributed by atoms with E-state index in [1.165, 1.54) is 12.1 Å². The van der Waals surface area contributed by atoms with Gasteiger partial charge in [0.1, 0.15) is 11.6 Å². The third kappa shape index (κ3) is 3.32. The van der Waals surface area contributed by atoms with Crippen LogP contribution in [0.25, 0.3) is 0 Å². The Balaban J connectivity index is 2.20. The predicted molar refractivity (Wildman–Crippen MR) is 80.8 cm³/mol. The van der Waals surface area contributed by atoms with Gasteiger partial charge in [-0.3, -0.25) is 0 Å². The van der Waals surface area contributed by atoms with Crippen molar-refractivity contribution in [2.24, 2.45) is 0 Å². The summed E-state index contributed by atoms with van der Waals surface area (Å²) in [6.45, 7) is 2.84. The van der Waals surface area contributed by atoms with Gasteiger partial charge >= 0.3 is 0 Å². The second-order valence-corrected chi connectivity index (χ2v) is 4.87. The fraction of sp³-hybridized carbons (Fsp3) is 0.154. The van der Waals surface area contributed by atoms with Gasteiger partial charge in [0, 0.05) is 28.1 Å². The zero-order valence-corrected chi connectivity index (χ0v) is 12.0. The molecule has 0 saturated carbocycles. The highest BCUT2D eigenvalue weighted by Crippen LogP contribution is 2.24. The molecule has 1 heterocycles. The van der Waals surface area contributed by atoms with E-state index in [0.717, 1.165) is 27.3 Å². The minimum Gasteiger partial charge on any atom is -0.370 e. The first-order chi connectivity index (χ1) is 8.69. The Morgan fingerprint density at radius 3 is 2.83 bits per heavy atom. The Labute approximate surface area is 119 Å². The van der Waals surface area contributed by atoms with E-state index in [9.17, 15) is 4.39 Å². The van der Waals surface area contributed by atoms with Crippen LogP contribution < -0.4 is 10.6 Å². The molecule has 2 rings (SSSR count). The summed E-state index contributed by atoms with van der Waals surface area (Å²) in [7, 11) is 0. The van der Waals surface area contributed by atoms with Crippen LogP contribution in [-0.2, 0) is 0 Å². The Kier molecular flexibility index (Phi) is 4.35. The van der Waals surface area contributed by atoms with E-state index in [1.54, 1.807) is 12.3 Å². The van der Waals surface area contributed by atoms with Crippen LogP contribution in [0.3, 0.4) is 0 Å². The first kappa shape index (κ1) is 13.1. The second-order valence-electron chi connectivity index (χ2n) is 3.71. The zero-order chi connectivity index (χ0) is 13.0. The maximum atomic E-state index is 13.0. The van der Waals surface area contributed by atoms with Crippen LogP contribution in [0, 0.1) is 9.39 Å². The summed E-state index contributed by atoms with van der Waals surface area (Å²) in [5.74, 6) is 0.590. The van der Waals surface area contributed by atoms with Crippen LogP contribution in [-0.4, -0.2) is 11.5 Å². The lowest BCUT2D eigenvalue weighted by Crippen LogP contribution is -2.00. The molecule has 94 valence electrons. The van der Waals surface area contributed by atoms with Crippen molar-refractivity contribution < 1.29 is 4.39 Å². The molecule has 0 fully saturated rings. The van der Waals surface area contributed by atoms with Crippen molar-refractivity contribution in [3.8, 4) is 0 Å². The summed E-state index contributed by atoms with van der Waals surface area (Å²) >= 11 is 2.10. The number of hydrogen-bond donors (Lipinski definition) is 2. The lowest BCUT2D eigenvalue weighted by Gasteiger charge is -2.10. The highest BCUT2D eigenvalue weighted by atomic mass is 127. The number of benzene rings is 1. The Morgan fingerprint density at radius 1 is 1.28 bits per heavy atom. The van der Waals surface area contributed by atoms with E-state index >= 15 is 0 Å². The minimum atomic E-state index is -0.229. The molecule has 1 aromatic carbocycles. The van der Waals surface area contributed by atoms with Gasteiger partial charge in [-0.1, -0.05) is 0 Å². The molecule has 0 saturated heterocycles. The average molecular weight is 357 g/mol. The molecule has 0 aliphatic heterocycles. The van der Waals surface area contributed by atoms with E-state index in [0.29, 0.717) is 0 Å². The van der Waals surface area contributed by atoms with E-state index in [1.807, 2.05) is 19.1 Å². The summed E-state index contributed by atoms with van der Waals surface area (Å²) in [4.78, 5) is 4.19. The van der Waals surface area contributed by atoms with Crippen molar-refractivity contribution in [3.05, 3.63) is 45.9 Å². The number of nitrogens with zero attached hydrogens (tertiary/aromatic N) is 1. The van der Waals surface area contributed by atoms with E-state index in [2.05, 4.69) is 38.2 Å². The third-order valence-corrected chi connectivity index (χ3v) is 3.22. The lowest BCUT2D eigenvalue weighted by molar-refractivity contribution is 0.627. The van der Waals surface area contributed by atoms with Gasteiger partial charge in [0.2, 0.25) is 0 Å². The van der Waals surface area contributed by atoms with Gasteiger partial charge in [0.05, 0.1) is 5.69 Å². The topological polar surface area (TPSA) is 37.0 Å². The standard InChI is InChI=1S/C13H13FIN3/c1-2-16-13-8-10(5-6-17-13)18-12-4-3-9(14)7-11(12)15/h3-8H,2H2,1H3,(H2,16,17,18). The van der Waals surface area contributed by atoms with Crippen molar-refractivity contribution in [1.29, 1.82) is 0 Å². The van der Waals surface area contributed by atoms with Crippen LogP contribution in [0.2, 0.25) is 0 Å². The van der Waals surface area contributed by atoms with Crippen LogP contribution in [0.4, 0.5) is 21.6 Å². The van der Waals surface area contributed by atoms with Gasteiger partial charge in [-0.2, -0.15) is 0 Å². The van der Waals surface area contributed by atoms with Crippen LogP contribution in [0.1, 0.15) is 6.92 Å². The summed E-state index contributed by atoms with van der Waals surface area (Å²) < 4.78 is 13.8. The maximum Gasteiger partial charge on any atom is 0.127 e. The van der Waals surface area contributed by atoms with Gasteiger partial charge in [-0.25, -0.2) is 9.37 Å². The Hall–Kier alpha value is -1.37. The normalized spacial score (nSPS) is 10.2. The number of pyridine rings is 1. The van der Waals surface area contributed by atoms with Crippen LogP contribution in [0.5, 0.6) is 0 Å². The molecule has 0 aliphatic rings. The van der Waals surface area contributed by atoms with Gasteiger partial charge in [0.15, 0.2) is 0 Å². The molecule has 0 aliphatic carbocycles. The van der Waals surface area contributed by atoms with Crippen molar-refractivity contribution in [2.75, 3.05) is 17.2 Å². The average Bonchev–Trinajstić information content (AvgIpc) is 2.34. The molecule has 0 bridgehead atoms. The summed E-state index contributed by atoms with van der Waals surface area (Å²) in [5, 5.41) is 6.39. The first-order valence-electron chi connectivity index (χ1n) is 5.61. The predicted octanol–water partition coefficient (Wildman–Crippen LogP) is 4.00. The minimum absolute atomic E-state index is 0.229. The van der Waals surface area contributed by atoms with Gasteiger partial charge in [0.25, 0.3) is 0 Å². The van der Waals surface area contributed by atoms with Crippen LogP contribution >= 0.6 is 22.6 Å². The van der Waals surface area contributed by atoms with Gasteiger partial charge in [-0.15, -0.1) is 0 Å². The maximum absolute atomic E-state index is 13.0. The van der Waals surface area contributed by atoms with Crippen molar-refractivity contribution >= 4 is 39.8 Å². The molecule has 5 heteroatoms. The molecular formula is C13H13FIN3. The fourth-order valence-corrected chi connectivity index (χ4v) is 2.14. The van der Waals surface area contributed by atoms with E-state index in [-0.39, 0.29) is 5.82 Å². The molecular weight excluding hydrogens is 344 g/mol. The van der Waals surface area contributed by atoms with Crippen molar-refractivity contribution in [3.63, 3.8) is 0 Å². The third-order valence-electron chi connectivity index (χ3n) is 2.33. The zero-order valence-electron chi connectivity index (χ0n) is 9.87. The largest absolute Gasteiger partial charge is 0.370 e. The molecule has 0 spiro atoms. The lowest BCUT2D eigenvalue weighted by atomic mass is 10.3. The smallest absolute Gasteiger partial charge is 0.127 e. The Morgan fingerprint density at radius 2 is 2.11 bits per heavy atom. The van der Waals surface area contributed by atoms with Crippen molar-refractivity contribution in [2.45, 2.75) is 6.92 Å². The van der Waals surface area contributed by atoms with Gasteiger partial charge in [-0.05, 0) is 53.8 Å². The SMILES string of the molecule is CCNc1cc(Nc2ccc(F)cc2I)ccn1. The molecule has 0 unspecified atom stereocenters. The number of nitrogens with one attached hydrogen (secondary N) is 2. The van der Waals surface area contributed by atoms with Gasteiger partial charge < -0.3 is 10.6 Å². The van der Waals surface area contributed by atoms with Crippen molar-refractivity contribution in [1.82, 2.24) is 4.98 Å². The van der Waals surface area contributed by atoms with E-state index < -0.39 is 0 Å². The molecule has 2 aromatic rings. The van der Waals surface area contributed by atoms with Crippen LogP contribution in [0.15, 0.2) is 36.5 Å². The fourth-order valence-electron chi connectivity index (χ4n) is 1.53. The molecule has 18 heavy (non-hydrogen) atoms. The summed E-state index contributed by atoms with van der Waals surface area (Å²) in [6.07, 6.45) is 1.73. The Bertz CT molecular complexity index is 546. The summed E-state index contributed by atoms with van der Waals surface area (Å²) in [6, 6.07) is 8.46. The highest BCUT2D eigenvalue weighted by molar-refractivity contribution is 14.1. The molecule has 0 atom stereocenters. The molecule has 0 amide bonds. The highest BCUT2D eigenvalue weighted by Gasteiger charge is 2.02. The number of aromatic nitrogens is 1. The number of hydrogen-bond acceptors (Lipinski definition) is 3. The molecule has 0 radical (unpaired) electrons. The summed E-state index contributed by atoms with van der Waals surface area (Å²) in [5.41, 5.74) is 1.80. The van der Waals surface area contributed by atoms with E-state index in [4.69, 9.17) is 0 Å². The molecule has 3 nitrogen and oxygen atoms in total. The second kappa shape index (κ2) is 5.99. The number of halogens is 2. The monoisotopic (exact) mass is 357 g/mol. The number of rotatable bonds is 4. The molecule has 2 N–H and O–H groups in total. The molecule has 1 aromatic heterocycles.